The first kappa shape index (κ1) is 19.1. The number of para-hydroxylation sites is 1. The Labute approximate surface area is 170 Å². The number of ether oxygens (including phenoxy) is 2. The summed E-state index contributed by atoms with van der Waals surface area (Å²) in [6.07, 6.45) is 7.51. The molecule has 1 aliphatic heterocycles. The van der Waals surface area contributed by atoms with Gasteiger partial charge in [0.05, 0.1) is 14.2 Å². The molecule has 0 spiro atoms. The van der Waals surface area contributed by atoms with Crippen LogP contribution in [0.1, 0.15) is 29.9 Å². The predicted octanol–water partition coefficient (Wildman–Crippen LogP) is 4.60. The van der Waals surface area contributed by atoms with Crippen molar-refractivity contribution in [1.29, 1.82) is 0 Å². The van der Waals surface area contributed by atoms with E-state index in [1.807, 2.05) is 29.2 Å². The van der Waals surface area contributed by atoms with Gasteiger partial charge in [-0.1, -0.05) is 18.2 Å². The Kier molecular flexibility index (Phi) is 5.56. The van der Waals surface area contributed by atoms with Gasteiger partial charge in [0.1, 0.15) is 11.5 Å². The highest BCUT2D eigenvalue weighted by molar-refractivity contribution is 5.92. The number of rotatable bonds is 5. The first-order chi connectivity index (χ1) is 14.2. The van der Waals surface area contributed by atoms with Crippen molar-refractivity contribution < 1.29 is 14.3 Å². The number of aromatic amines is 1. The minimum absolute atomic E-state index is 0.0345. The van der Waals surface area contributed by atoms with Crippen molar-refractivity contribution >= 4 is 22.9 Å². The molecule has 29 heavy (non-hydrogen) atoms. The topological polar surface area (TPSA) is 54.6 Å². The number of fused-ring (bicyclic) bond motifs is 1. The highest BCUT2D eigenvalue weighted by Crippen LogP contribution is 2.33. The number of benzene rings is 2. The summed E-state index contributed by atoms with van der Waals surface area (Å²) >= 11 is 0. The molecule has 1 N–H and O–H groups in total. The molecule has 0 bridgehead atoms. The van der Waals surface area contributed by atoms with Crippen LogP contribution in [-0.2, 0) is 4.79 Å². The van der Waals surface area contributed by atoms with Gasteiger partial charge >= 0.3 is 0 Å². The van der Waals surface area contributed by atoms with Gasteiger partial charge in [-0.15, -0.1) is 0 Å². The molecular weight excluding hydrogens is 364 g/mol. The third kappa shape index (κ3) is 3.99. The molecule has 0 radical (unpaired) electrons. The fourth-order valence-corrected chi connectivity index (χ4v) is 4.08. The molecule has 5 nitrogen and oxygen atoms in total. The van der Waals surface area contributed by atoms with E-state index >= 15 is 0 Å². The second-order valence-corrected chi connectivity index (χ2v) is 7.33. The summed E-state index contributed by atoms with van der Waals surface area (Å²) in [6, 6.07) is 14.0. The van der Waals surface area contributed by atoms with Crippen molar-refractivity contribution in [3.05, 3.63) is 65.9 Å². The maximum atomic E-state index is 12.7. The minimum atomic E-state index is 0.0345. The first-order valence-electron chi connectivity index (χ1n) is 9.94. The fraction of sp³-hybridized carbons (Fsp3) is 0.292. The Balaban J connectivity index is 1.41. The van der Waals surface area contributed by atoms with Gasteiger partial charge in [0.25, 0.3) is 0 Å². The largest absolute Gasteiger partial charge is 0.497 e. The SMILES string of the molecule is COc1ccc(OC)c(/C=C/C(=O)N2CCC(c3c[nH]c4ccccc34)CC2)c1. The molecule has 0 unspecified atom stereocenters. The molecule has 2 aromatic carbocycles. The molecule has 3 aromatic rings. The molecule has 5 heteroatoms. The monoisotopic (exact) mass is 390 g/mol. The lowest BCUT2D eigenvalue weighted by Crippen LogP contribution is -2.36. The van der Waals surface area contributed by atoms with Crippen LogP contribution >= 0.6 is 0 Å². The van der Waals surface area contributed by atoms with Crippen LogP contribution in [0.3, 0.4) is 0 Å². The molecular formula is C24H26N2O3. The zero-order valence-corrected chi connectivity index (χ0v) is 16.9. The first-order valence-corrected chi connectivity index (χ1v) is 9.94. The van der Waals surface area contributed by atoms with Crippen LogP contribution in [0, 0.1) is 0 Å². The Hall–Kier alpha value is -3.21. The molecule has 1 aliphatic rings. The summed E-state index contributed by atoms with van der Waals surface area (Å²) in [4.78, 5) is 18.0. The third-order valence-electron chi connectivity index (χ3n) is 5.71. The summed E-state index contributed by atoms with van der Waals surface area (Å²) < 4.78 is 10.6. The van der Waals surface area contributed by atoms with Gasteiger partial charge in [0.15, 0.2) is 0 Å². The lowest BCUT2D eigenvalue weighted by molar-refractivity contribution is -0.126. The Morgan fingerprint density at radius 2 is 1.90 bits per heavy atom. The van der Waals surface area contributed by atoms with Crippen LogP contribution in [0.25, 0.3) is 17.0 Å². The number of nitrogens with one attached hydrogen (secondary N) is 1. The maximum absolute atomic E-state index is 12.7. The van der Waals surface area contributed by atoms with Crippen molar-refractivity contribution in [2.75, 3.05) is 27.3 Å². The van der Waals surface area contributed by atoms with E-state index in [1.54, 1.807) is 26.4 Å². The lowest BCUT2D eigenvalue weighted by Gasteiger charge is -2.31. The van der Waals surface area contributed by atoms with E-state index in [0.717, 1.165) is 37.2 Å². The summed E-state index contributed by atoms with van der Waals surface area (Å²) in [5.41, 5.74) is 3.37. The summed E-state index contributed by atoms with van der Waals surface area (Å²) in [7, 11) is 3.24. The van der Waals surface area contributed by atoms with Crippen molar-refractivity contribution in [3.63, 3.8) is 0 Å². The summed E-state index contributed by atoms with van der Waals surface area (Å²) in [5, 5.41) is 1.29. The van der Waals surface area contributed by atoms with Crippen LogP contribution < -0.4 is 9.47 Å². The fourth-order valence-electron chi connectivity index (χ4n) is 4.08. The number of likely N-dealkylation sites (tertiary alicyclic amines) is 1. The number of hydrogen-bond acceptors (Lipinski definition) is 3. The van der Waals surface area contributed by atoms with E-state index in [-0.39, 0.29) is 5.91 Å². The zero-order valence-electron chi connectivity index (χ0n) is 16.9. The van der Waals surface area contributed by atoms with Crippen LogP contribution in [0.4, 0.5) is 0 Å². The van der Waals surface area contributed by atoms with Crippen molar-refractivity contribution in [2.24, 2.45) is 0 Å². The van der Waals surface area contributed by atoms with Gasteiger partial charge in [-0.25, -0.2) is 0 Å². The average molecular weight is 390 g/mol. The quantitative estimate of drug-likeness (QED) is 0.648. The van der Waals surface area contributed by atoms with Crippen LogP contribution in [-0.4, -0.2) is 43.1 Å². The molecule has 1 fully saturated rings. The van der Waals surface area contributed by atoms with Gasteiger partial charge in [-0.3, -0.25) is 4.79 Å². The Morgan fingerprint density at radius 1 is 1.10 bits per heavy atom. The zero-order chi connectivity index (χ0) is 20.2. The van der Waals surface area contributed by atoms with E-state index in [0.29, 0.717) is 11.7 Å². The highest BCUT2D eigenvalue weighted by atomic mass is 16.5. The Bertz CT molecular complexity index is 1030. The van der Waals surface area contributed by atoms with Gasteiger partial charge in [-0.05, 0) is 54.7 Å². The number of aromatic nitrogens is 1. The van der Waals surface area contributed by atoms with Gasteiger partial charge in [0, 0.05) is 41.8 Å². The minimum Gasteiger partial charge on any atom is -0.497 e. The van der Waals surface area contributed by atoms with Crippen LogP contribution in [0.2, 0.25) is 0 Å². The number of H-pyrrole nitrogens is 1. The molecule has 0 aliphatic carbocycles. The molecule has 2 heterocycles. The average Bonchev–Trinajstić information content (AvgIpc) is 3.21. The molecule has 1 amide bonds. The standard InChI is InChI=1S/C24H26N2O3/c1-28-19-8-9-23(29-2)18(15-19)7-10-24(27)26-13-11-17(12-14-26)21-16-25-22-6-4-3-5-20(21)22/h3-10,15-17,25H,11-14H2,1-2H3/b10-7+. The normalized spacial score (nSPS) is 15.2. The molecule has 4 rings (SSSR count). The summed E-state index contributed by atoms with van der Waals surface area (Å²) in [5.74, 6) is 1.97. The van der Waals surface area contributed by atoms with Crippen LogP contribution in [0.15, 0.2) is 54.7 Å². The Morgan fingerprint density at radius 3 is 2.66 bits per heavy atom. The van der Waals surface area contributed by atoms with Gasteiger partial charge < -0.3 is 19.4 Å². The molecule has 150 valence electrons. The molecule has 0 saturated carbocycles. The molecule has 1 aromatic heterocycles. The van der Waals surface area contributed by atoms with E-state index in [2.05, 4.69) is 29.4 Å². The van der Waals surface area contributed by atoms with E-state index in [9.17, 15) is 4.79 Å². The molecule has 0 atom stereocenters. The number of piperidine rings is 1. The lowest BCUT2D eigenvalue weighted by atomic mass is 9.89. The third-order valence-corrected chi connectivity index (χ3v) is 5.71. The number of methoxy groups -OCH3 is 2. The van der Waals surface area contributed by atoms with Gasteiger partial charge in [0.2, 0.25) is 5.91 Å². The number of amides is 1. The number of hydrogen-bond donors (Lipinski definition) is 1. The number of carbonyl (C=O) groups excluding carboxylic acids is 1. The van der Waals surface area contributed by atoms with Crippen molar-refractivity contribution in [2.45, 2.75) is 18.8 Å². The van der Waals surface area contributed by atoms with Crippen LogP contribution in [0.5, 0.6) is 11.5 Å². The predicted molar refractivity (Wildman–Crippen MR) is 115 cm³/mol. The molecule has 1 saturated heterocycles. The van der Waals surface area contributed by atoms with Crippen molar-refractivity contribution in [1.82, 2.24) is 9.88 Å². The highest BCUT2D eigenvalue weighted by Gasteiger charge is 2.24. The second kappa shape index (κ2) is 8.43. The number of nitrogens with zero attached hydrogens (tertiary/aromatic N) is 1. The van der Waals surface area contributed by atoms with Crippen molar-refractivity contribution in [3.8, 4) is 11.5 Å². The maximum Gasteiger partial charge on any atom is 0.246 e. The smallest absolute Gasteiger partial charge is 0.246 e. The van der Waals surface area contributed by atoms with E-state index in [1.165, 1.54) is 16.5 Å². The van der Waals surface area contributed by atoms with E-state index in [4.69, 9.17) is 9.47 Å². The van der Waals surface area contributed by atoms with E-state index < -0.39 is 0 Å². The van der Waals surface area contributed by atoms with Gasteiger partial charge in [-0.2, -0.15) is 0 Å². The number of carbonyl (C=O) groups is 1. The second-order valence-electron chi connectivity index (χ2n) is 7.33. The summed E-state index contributed by atoms with van der Waals surface area (Å²) in [6.45, 7) is 1.53.